The minimum atomic E-state index is -4.63. The number of aromatic hydroxyl groups is 1. The van der Waals surface area contributed by atoms with E-state index in [0.717, 1.165) is 44.2 Å². The van der Waals surface area contributed by atoms with Crippen molar-refractivity contribution in [3.8, 4) is 11.5 Å². The lowest BCUT2D eigenvalue weighted by Gasteiger charge is -2.13. The minimum Gasteiger partial charge on any atom is -0.507 e. The first-order chi connectivity index (χ1) is 13.3. The zero-order valence-corrected chi connectivity index (χ0v) is 16.7. The van der Waals surface area contributed by atoms with Gasteiger partial charge in [0.2, 0.25) is 0 Å². The molecular formula is C21H26O6S. The molecular weight excluding hydrogens is 380 g/mol. The Morgan fingerprint density at radius 1 is 1.00 bits per heavy atom. The van der Waals surface area contributed by atoms with Gasteiger partial charge in [-0.3, -0.25) is 9.35 Å². The van der Waals surface area contributed by atoms with Crippen molar-refractivity contribution in [1.82, 2.24) is 0 Å². The first-order valence-electron chi connectivity index (χ1n) is 9.41. The maximum Gasteiger partial charge on any atom is 0.298 e. The van der Waals surface area contributed by atoms with Crippen molar-refractivity contribution >= 4 is 15.9 Å². The van der Waals surface area contributed by atoms with Crippen LogP contribution in [0.3, 0.4) is 0 Å². The van der Waals surface area contributed by atoms with Crippen molar-refractivity contribution in [1.29, 1.82) is 0 Å². The van der Waals surface area contributed by atoms with Gasteiger partial charge in [0.25, 0.3) is 10.1 Å². The van der Waals surface area contributed by atoms with Crippen LogP contribution in [-0.4, -0.2) is 30.5 Å². The van der Waals surface area contributed by atoms with Crippen LogP contribution in [0.15, 0.2) is 47.4 Å². The summed E-state index contributed by atoms with van der Waals surface area (Å²) < 4.78 is 38.5. The Morgan fingerprint density at radius 2 is 1.64 bits per heavy atom. The number of unbranched alkanes of at least 4 members (excludes halogenated alkanes) is 5. The quantitative estimate of drug-likeness (QED) is 0.321. The van der Waals surface area contributed by atoms with Crippen molar-refractivity contribution in [2.75, 3.05) is 6.61 Å². The molecule has 0 spiro atoms. The Labute approximate surface area is 165 Å². The number of hydrogen-bond donors (Lipinski definition) is 2. The Morgan fingerprint density at radius 3 is 2.29 bits per heavy atom. The van der Waals surface area contributed by atoms with E-state index >= 15 is 0 Å². The van der Waals surface area contributed by atoms with Gasteiger partial charge in [0.1, 0.15) is 16.4 Å². The second-order valence-corrected chi connectivity index (χ2v) is 7.99. The van der Waals surface area contributed by atoms with E-state index in [9.17, 15) is 22.9 Å². The Hall–Kier alpha value is -2.38. The van der Waals surface area contributed by atoms with Crippen LogP contribution in [0.5, 0.6) is 11.5 Å². The summed E-state index contributed by atoms with van der Waals surface area (Å²) >= 11 is 0. The highest BCUT2D eigenvalue weighted by atomic mass is 32.2. The van der Waals surface area contributed by atoms with Gasteiger partial charge < -0.3 is 9.84 Å². The molecule has 0 radical (unpaired) electrons. The lowest BCUT2D eigenvalue weighted by atomic mass is 10.0. The largest absolute Gasteiger partial charge is 0.507 e. The van der Waals surface area contributed by atoms with Crippen LogP contribution in [-0.2, 0) is 10.1 Å². The van der Waals surface area contributed by atoms with E-state index in [2.05, 4.69) is 6.92 Å². The Kier molecular flexibility index (Phi) is 8.02. The molecule has 0 saturated carbocycles. The predicted molar refractivity (Wildman–Crippen MR) is 107 cm³/mol. The highest BCUT2D eigenvalue weighted by Crippen LogP contribution is 2.33. The Balaban J connectivity index is 2.18. The van der Waals surface area contributed by atoms with Crippen LogP contribution >= 0.6 is 0 Å². The van der Waals surface area contributed by atoms with Crippen LogP contribution in [0.25, 0.3) is 0 Å². The van der Waals surface area contributed by atoms with Gasteiger partial charge in [-0.15, -0.1) is 0 Å². The molecule has 2 aromatic rings. The molecule has 0 saturated heterocycles. The third-order valence-corrected chi connectivity index (χ3v) is 5.25. The number of ketones is 1. The van der Waals surface area contributed by atoms with Gasteiger partial charge in [-0.05, 0) is 12.5 Å². The molecule has 2 N–H and O–H groups in total. The fraction of sp³-hybridized carbons (Fsp3) is 0.381. The third kappa shape index (κ3) is 6.07. The van der Waals surface area contributed by atoms with E-state index in [1.165, 1.54) is 6.42 Å². The van der Waals surface area contributed by atoms with Crippen LogP contribution in [0.2, 0.25) is 0 Å². The molecule has 0 atom stereocenters. The summed E-state index contributed by atoms with van der Waals surface area (Å²) in [5, 5.41) is 10.2. The van der Waals surface area contributed by atoms with Crippen LogP contribution in [0.4, 0.5) is 0 Å². The van der Waals surface area contributed by atoms with Crippen LogP contribution in [0.1, 0.15) is 61.4 Å². The summed E-state index contributed by atoms with van der Waals surface area (Å²) in [6.07, 6.45) is 6.21. The molecule has 0 heterocycles. The number of phenolic OH excluding ortho intramolecular Hbond substituents is 1. The van der Waals surface area contributed by atoms with Crippen molar-refractivity contribution < 1.29 is 27.6 Å². The first-order valence-corrected chi connectivity index (χ1v) is 10.9. The SMILES string of the molecule is CCCCCCCCOc1cc(O)c(C(=O)c2ccccc2)cc1S(=O)(=O)O. The van der Waals surface area contributed by atoms with Gasteiger partial charge in [0.15, 0.2) is 5.78 Å². The zero-order valence-electron chi connectivity index (χ0n) is 15.9. The normalized spacial score (nSPS) is 11.4. The van der Waals surface area contributed by atoms with E-state index in [1.54, 1.807) is 30.3 Å². The number of hydrogen-bond acceptors (Lipinski definition) is 5. The van der Waals surface area contributed by atoms with Gasteiger partial charge in [-0.25, -0.2) is 0 Å². The van der Waals surface area contributed by atoms with Gasteiger partial charge in [0.05, 0.1) is 12.2 Å². The molecule has 2 rings (SSSR count). The van der Waals surface area contributed by atoms with Crippen molar-refractivity contribution in [2.24, 2.45) is 0 Å². The fourth-order valence-electron chi connectivity index (χ4n) is 2.86. The minimum absolute atomic E-state index is 0.168. The second-order valence-electron chi connectivity index (χ2n) is 6.60. The maximum atomic E-state index is 12.6. The molecule has 6 nitrogen and oxygen atoms in total. The topological polar surface area (TPSA) is 101 Å². The Bertz CT molecular complexity index is 891. The number of carbonyl (C=O) groups excluding carboxylic acids is 1. The number of benzene rings is 2. The average Bonchev–Trinajstić information content (AvgIpc) is 2.66. The molecule has 0 aliphatic carbocycles. The van der Waals surface area contributed by atoms with Crippen LogP contribution in [0, 0.1) is 0 Å². The van der Waals surface area contributed by atoms with E-state index in [1.807, 2.05) is 0 Å². The first kappa shape index (κ1) is 21.9. The average molecular weight is 407 g/mol. The molecule has 2 aromatic carbocycles. The molecule has 0 fully saturated rings. The lowest BCUT2D eigenvalue weighted by molar-refractivity contribution is 0.103. The molecule has 0 aliphatic heterocycles. The molecule has 0 aliphatic rings. The molecule has 0 amide bonds. The summed E-state index contributed by atoms with van der Waals surface area (Å²) in [7, 11) is -4.63. The van der Waals surface area contributed by atoms with E-state index in [0.29, 0.717) is 5.56 Å². The molecule has 152 valence electrons. The third-order valence-electron chi connectivity index (χ3n) is 4.38. The summed E-state index contributed by atoms with van der Waals surface area (Å²) in [5.74, 6) is -1.12. The monoisotopic (exact) mass is 406 g/mol. The number of carbonyl (C=O) groups is 1. The van der Waals surface area contributed by atoms with Crippen LogP contribution < -0.4 is 4.74 Å². The summed E-state index contributed by atoms with van der Waals surface area (Å²) in [6, 6.07) is 10.2. The fourth-order valence-corrected chi connectivity index (χ4v) is 3.49. The zero-order chi connectivity index (χ0) is 20.6. The highest BCUT2D eigenvalue weighted by Gasteiger charge is 2.23. The summed E-state index contributed by atoms with van der Waals surface area (Å²) in [6.45, 7) is 2.39. The highest BCUT2D eigenvalue weighted by molar-refractivity contribution is 7.86. The smallest absolute Gasteiger partial charge is 0.298 e. The maximum absolute atomic E-state index is 12.6. The van der Waals surface area contributed by atoms with E-state index in [-0.39, 0.29) is 17.9 Å². The van der Waals surface area contributed by atoms with Crippen molar-refractivity contribution in [3.05, 3.63) is 53.6 Å². The molecule has 0 unspecified atom stereocenters. The van der Waals surface area contributed by atoms with Gasteiger partial charge in [-0.1, -0.05) is 69.4 Å². The lowest BCUT2D eigenvalue weighted by Crippen LogP contribution is -2.09. The van der Waals surface area contributed by atoms with Crippen molar-refractivity contribution in [2.45, 2.75) is 50.3 Å². The number of phenols is 1. The van der Waals surface area contributed by atoms with Crippen molar-refractivity contribution in [3.63, 3.8) is 0 Å². The van der Waals surface area contributed by atoms with E-state index < -0.39 is 26.5 Å². The number of rotatable bonds is 11. The predicted octanol–water partition coefficient (Wildman–Crippen LogP) is 4.61. The number of ether oxygens (including phenoxy) is 1. The molecule has 28 heavy (non-hydrogen) atoms. The second kappa shape index (κ2) is 10.2. The molecule has 0 bridgehead atoms. The van der Waals surface area contributed by atoms with Gasteiger partial charge in [0, 0.05) is 11.6 Å². The molecule has 0 aromatic heterocycles. The van der Waals surface area contributed by atoms with Gasteiger partial charge >= 0.3 is 0 Å². The molecule has 7 heteroatoms. The van der Waals surface area contributed by atoms with Gasteiger partial charge in [-0.2, -0.15) is 8.42 Å². The summed E-state index contributed by atoms with van der Waals surface area (Å²) in [5.41, 5.74) is 0.0746. The standard InChI is InChI=1S/C21H26O6S/c1-2-3-4-5-6-10-13-27-19-15-18(22)17(14-20(19)28(24,25)26)21(23)16-11-8-7-9-12-16/h7-9,11-12,14-15,22H,2-6,10,13H2,1H3,(H,24,25,26). The summed E-state index contributed by atoms with van der Waals surface area (Å²) in [4.78, 5) is 12.0. The van der Waals surface area contributed by atoms with E-state index in [4.69, 9.17) is 4.74 Å².